The summed E-state index contributed by atoms with van der Waals surface area (Å²) < 4.78 is 43.2. The normalized spacial score (nSPS) is 22.1. The Bertz CT molecular complexity index is 711. The van der Waals surface area contributed by atoms with E-state index in [4.69, 9.17) is 10.00 Å². The van der Waals surface area contributed by atoms with E-state index in [0.29, 0.717) is 37.6 Å². The van der Waals surface area contributed by atoms with Gasteiger partial charge in [-0.3, -0.25) is 9.69 Å². The zero-order chi connectivity index (χ0) is 19.4. The van der Waals surface area contributed by atoms with E-state index in [1.807, 2.05) is 11.0 Å². The molecule has 9 heteroatoms. The van der Waals surface area contributed by atoms with Gasteiger partial charge in [-0.05, 0) is 44.3 Å². The topological polar surface area (TPSA) is 69.5 Å². The minimum absolute atomic E-state index is 0.160. The third-order valence-corrected chi connectivity index (χ3v) is 5.06. The highest BCUT2D eigenvalue weighted by Crippen LogP contribution is 2.27. The van der Waals surface area contributed by atoms with E-state index in [1.165, 1.54) is 6.20 Å². The molecule has 3 rings (SSSR count). The first-order chi connectivity index (χ1) is 12.9. The largest absolute Gasteiger partial charge is 0.477 e. The number of hydrogen-bond donors (Lipinski definition) is 0. The van der Waals surface area contributed by atoms with Gasteiger partial charge in [-0.25, -0.2) is 4.98 Å². The van der Waals surface area contributed by atoms with Gasteiger partial charge >= 0.3 is 6.18 Å². The average Bonchev–Trinajstić information content (AvgIpc) is 2.99. The van der Waals surface area contributed by atoms with Crippen LogP contribution in [-0.4, -0.2) is 65.7 Å². The van der Waals surface area contributed by atoms with Crippen molar-refractivity contribution in [1.82, 2.24) is 14.8 Å². The molecule has 146 valence electrons. The Morgan fingerprint density at radius 3 is 2.67 bits per heavy atom. The molecule has 0 spiro atoms. The third kappa shape index (κ3) is 5.10. The number of hydrogen-bond acceptors (Lipinski definition) is 5. The van der Waals surface area contributed by atoms with Crippen LogP contribution >= 0.6 is 0 Å². The number of halogens is 3. The van der Waals surface area contributed by atoms with Crippen molar-refractivity contribution < 1.29 is 22.7 Å². The fraction of sp³-hybridized carbons (Fsp3) is 0.611. The van der Waals surface area contributed by atoms with Crippen molar-refractivity contribution in [2.24, 2.45) is 5.92 Å². The van der Waals surface area contributed by atoms with Crippen molar-refractivity contribution in [3.63, 3.8) is 0 Å². The Kier molecular flexibility index (Phi) is 5.85. The average molecular weight is 382 g/mol. The highest BCUT2D eigenvalue weighted by Gasteiger charge is 2.42. The fourth-order valence-corrected chi connectivity index (χ4v) is 3.63. The molecule has 2 saturated heterocycles. The molecular formula is C18H21F3N4O2. The lowest BCUT2D eigenvalue weighted by Crippen LogP contribution is -2.47. The Hall–Kier alpha value is -2.34. The maximum absolute atomic E-state index is 12.5. The van der Waals surface area contributed by atoms with Crippen molar-refractivity contribution in [2.45, 2.75) is 31.5 Å². The van der Waals surface area contributed by atoms with Crippen molar-refractivity contribution in [2.75, 3.05) is 32.8 Å². The predicted molar refractivity (Wildman–Crippen MR) is 89.8 cm³/mol. The zero-order valence-corrected chi connectivity index (χ0v) is 14.8. The summed E-state index contributed by atoms with van der Waals surface area (Å²) in [4.78, 5) is 19.2. The molecule has 0 saturated carbocycles. The number of nitrogens with zero attached hydrogens (tertiary/aromatic N) is 4. The first-order valence-electron chi connectivity index (χ1n) is 8.94. The van der Waals surface area contributed by atoms with Crippen LogP contribution in [0.5, 0.6) is 5.88 Å². The number of nitriles is 1. The van der Waals surface area contributed by atoms with Crippen molar-refractivity contribution >= 4 is 5.91 Å². The van der Waals surface area contributed by atoms with Crippen LogP contribution < -0.4 is 4.74 Å². The first kappa shape index (κ1) is 19.4. The Morgan fingerprint density at radius 2 is 2.00 bits per heavy atom. The van der Waals surface area contributed by atoms with Crippen LogP contribution in [0.25, 0.3) is 0 Å². The maximum Gasteiger partial charge on any atom is 0.406 e. The number of amides is 1. The summed E-state index contributed by atoms with van der Waals surface area (Å²) in [5, 5.41) is 8.88. The monoisotopic (exact) mass is 382 g/mol. The number of ether oxygens (including phenoxy) is 1. The van der Waals surface area contributed by atoms with E-state index in [9.17, 15) is 18.0 Å². The molecule has 0 radical (unpaired) electrons. The predicted octanol–water partition coefficient (Wildman–Crippen LogP) is 2.21. The molecule has 2 aliphatic heterocycles. The lowest BCUT2D eigenvalue weighted by molar-refractivity contribution is -0.159. The molecule has 1 unspecified atom stereocenters. The molecular weight excluding hydrogens is 361 g/mol. The molecule has 0 aliphatic carbocycles. The molecule has 0 N–H and O–H groups in total. The second-order valence-corrected chi connectivity index (χ2v) is 6.96. The van der Waals surface area contributed by atoms with Gasteiger partial charge in [-0.2, -0.15) is 18.4 Å². The van der Waals surface area contributed by atoms with Crippen LogP contribution in [0, 0.1) is 17.2 Å². The minimum Gasteiger partial charge on any atom is -0.477 e. The van der Waals surface area contributed by atoms with Crippen LogP contribution in [0.1, 0.15) is 24.8 Å². The van der Waals surface area contributed by atoms with Gasteiger partial charge in [-0.15, -0.1) is 0 Å². The minimum atomic E-state index is -4.36. The molecule has 1 amide bonds. The summed E-state index contributed by atoms with van der Waals surface area (Å²) >= 11 is 0. The molecule has 0 aromatic carbocycles. The third-order valence-electron chi connectivity index (χ3n) is 5.06. The summed E-state index contributed by atoms with van der Waals surface area (Å²) in [5.41, 5.74) is 0.484. The van der Waals surface area contributed by atoms with Gasteiger partial charge in [0.05, 0.1) is 24.3 Å². The second-order valence-electron chi connectivity index (χ2n) is 6.96. The van der Waals surface area contributed by atoms with Crippen LogP contribution in [0.15, 0.2) is 18.3 Å². The lowest BCUT2D eigenvalue weighted by Gasteiger charge is -2.35. The summed E-state index contributed by atoms with van der Waals surface area (Å²) in [6.45, 7) is 0.787. The molecule has 6 nitrogen and oxygen atoms in total. The number of aromatic nitrogens is 1. The molecule has 1 aromatic rings. The highest BCUT2D eigenvalue weighted by atomic mass is 19.4. The van der Waals surface area contributed by atoms with E-state index >= 15 is 0 Å². The van der Waals surface area contributed by atoms with Crippen molar-refractivity contribution in [3.05, 3.63) is 23.9 Å². The first-order valence-corrected chi connectivity index (χ1v) is 8.94. The van der Waals surface area contributed by atoms with Crippen molar-refractivity contribution in [1.29, 1.82) is 5.26 Å². The number of carbonyl (C=O) groups is 1. The Labute approximate surface area is 155 Å². The number of likely N-dealkylation sites (tertiary alicyclic amines) is 2. The number of alkyl halides is 3. The standard InChI is InChI=1S/C18H21F3N4O2/c19-18(20,21)12-25-8-4-15(17(25)26)24-6-2-13(3-7-24)11-27-16-9-14(10-22)1-5-23-16/h1,5,9,13,15H,2-4,6-8,11-12H2. The highest BCUT2D eigenvalue weighted by molar-refractivity contribution is 5.84. The Morgan fingerprint density at radius 1 is 1.26 bits per heavy atom. The summed E-state index contributed by atoms with van der Waals surface area (Å²) in [7, 11) is 0. The molecule has 1 aromatic heterocycles. The molecule has 27 heavy (non-hydrogen) atoms. The van der Waals surface area contributed by atoms with E-state index in [0.717, 1.165) is 17.7 Å². The lowest BCUT2D eigenvalue weighted by atomic mass is 9.96. The molecule has 3 heterocycles. The summed E-state index contributed by atoms with van der Waals surface area (Å²) in [5.74, 6) is 0.279. The van der Waals surface area contributed by atoms with E-state index in [-0.39, 0.29) is 12.5 Å². The van der Waals surface area contributed by atoms with Gasteiger partial charge in [0.25, 0.3) is 0 Å². The second kappa shape index (κ2) is 8.13. The van der Waals surface area contributed by atoms with E-state index in [1.54, 1.807) is 12.1 Å². The molecule has 2 aliphatic rings. The van der Waals surface area contributed by atoms with Gasteiger partial charge in [0.15, 0.2) is 0 Å². The van der Waals surface area contributed by atoms with E-state index in [2.05, 4.69) is 4.98 Å². The van der Waals surface area contributed by atoms with Gasteiger partial charge in [0.1, 0.15) is 6.54 Å². The maximum atomic E-state index is 12.5. The van der Waals surface area contributed by atoms with Crippen LogP contribution in [-0.2, 0) is 4.79 Å². The summed E-state index contributed by atoms with van der Waals surface area (Å²) in [6.07, 6.45) is -0.774. The quantitative estimate of drug-likeness (QED) is 0.781. The number of pyridine rings is 1. The van der Waals surface area contributed by atoms with Crippen LogP contribution in [0.3, 0.4) is 0 Å². The molecule has 1 atom stereocenters. The number of carbonyl (C=O) groups excluding carboxylic acids is 1. The van der Waals surface area contributed by atoms with Gasteiger partial charge < -0.3 is 9.64 Å². The SMILES string of the molecule is N#Cc1ccnc(OCC2CCN(C3CCN(CC(F)(F)F)C3=O)CC2)c1. The fourth-order valence-electron chi connectivity index (χ4n) is 3.63. The van der Waals surface area contributed by atoms with Gasteiger partial charge in [-0.1, -0.05) is 0 Å². The molecule has 0 bridgehead atoms. The van der Waals surface area contributed by atoms with E-state index < -0.39 is 24.7 Å². The van der Waals surface area contributed by atoms with Crippen LogP contribution in [0.2, 0.25) is 0 Å². The van der Waals surface area contributed by atoms with Gasteiger partial charge in [0, 0.05) is 18.8 Å². The number of piperidine rings is 1. The molecule has 2 fully saturated rings. The Balaban J connectivity index is 1.45. The van der Waals surface area contributed by atoms with Gasteiger partial charge in [0.2, 0.25) is 11.8 Å². The number of rotatable bonds is 5. The van der Waals surface area contributed by atoms with Crippen molar-refractivity contribution in [3.8, 4) is 11.9 Å². The zero-order valence-electron chi connectivity index (χ0n) is 14.8. The smallest absolute Gasteiger partial charge is 0.406 e. The summed E-state index contributed by atoms with van der Waals surface area (Å²) in [6, 6.07) is 4.78. The van der Waals surface area contributed by atoms with Crippen LogP contribution in [0.4, 0.5) is 13.2 Å².